The molecule has 0 spiro atoms. The number of likely N-dealkylation sites (tertiary alicyclic amines) is 1. The Morgan fingerprint density at radius 2 is 1.79 bits per heavy atom. The number of amides is 2. The van der Waals surface area contributed by atoms with Crippen LogP contribution in [-0.2, 0) is 10.2 Å². The molecule has 3 rings (SSSR count). The van der Waals surface area contributed by atoms with Crippen LogP contribution in [-0.4, -0.2) is 93.2 Å². The summed E-state index contributed by atoms with van der Waals surface area (Å²) >= 11 is 0. The molecule has 1 aromatic rings. The molecule has 0 saturated carbocycles. The predicted molar refractivity (Wildman–Crippen MR) is 111 cm³/mol. The Morgan fingerprint density at radius 1 is 1.10 bits per heavy atom. The zero-order valence-electron chi connectivity index (χ0n) is 18.2. The zero-order chi connectivity index (χ0) is 21.2. The standard InChI is InChI=1S/C21H35N5O3/c1-16(27)25-12-10-24(11-13-25)15-21(29)6-5-8-26(9-7-21)19(28)17-14-18(23-22-17)20(2,3)4/h14,29H,5-13,15H2,1-4H3,(H,22,23)/t21-/m1/s1. The van der Waals surface area contributed by atoms with Crippen molar-refractivity contribution in [1.29, 1.82) is 0 Å². The van der Waals surface area contributed by atoms with Crippen LogP contribution in [0.1, 0.15) is 63.1 Å². The van der Waals surface area contributed by atoms with Crippen LogP contribution in [0.3, 0.4) is 0 Å². The van der Waals surface area contributed by atoms with Gasteiger partial charge in [0.1, 0.15) is 5.69 Å². The molecule has 0 bridgehead atoms. The second kappa shape index (κ2) is 8.44. The van der Waals surface area contributed by atoms with E-state index in [1.807, 2.05) is 15.9 Å². The molecule has 8 heteroatoms. The SMILES string of the molecule is CC(=O)N1CCN(C[C@@]2(O)CCCN(C(=O)c3cc(C(C)(C)C)[nH]n3)CC2)CC1. The van der Waals surface area contributed by atoms with E-state index in [4.69, 9.17) is 0 Å². The Kier molecular flexibility index (Phi) is 6.33. The van der Waals surface area contributed by atoms with Crippen LogP contribution in [0.4, 0.5) is 0 Å². The van der Waals surface area contributed by atoms with Crippen molar-refractivity contribution in [2.24, 2.45) is 0 Å². The van der Waals surface area contributed by atoms with Crippen molar-refractivity contribution in [2.75, 3.05) is 45.8 Å². The van der Waals surface area contributed by atoms with Gasteiger partial charge in [-0.1, -0.05) is 20.8 Å². The highest BCUT2D eigenvalue weighted by Crippen LogP contribution is 2.26. The Morgan fingerprint density at radius 3 is 2.38 bits per heavy atom. The van der Waals surface area contributed by atoms with E-state index in [0.29, 0.717) is 51.3 Å². The second-order valence-corrected chi connectivity index (χ2v) is 9.57. The third-order valence-corrected chi connectivity index (χ3v) is 6.14. The van der Waals surface area contributed by atoms with E-state index in [0.717, 1.165) is 25.2 Å². The van der Waals surface area contributed by atoms with E-state index in [-0.39, 0.29) is 17.2 Å². The van der Waals surface area contributed by atoms with Crippen LogP contribution in [0, 0.1) is 0 Å². The quantitative estimate of drug-likeness (QED) is 0.789. The fourth-order valence-corrected chi connectivity index (χ4v) is 4.15. The van der Waals surface area contributed by atoms with E-state index in [9.17, 15) is 14.7 Å². The molecule has 0 aromatic carbocycles. The van der Waals surface area contributed by atoms with Gasteiger partial charge in [-0.15, -0.1) is 0 Å². The molecule has 162 valence electrons. The first-order valence-corrected chi connectivity index (χ1v) is 10.6. The molecular weight excluding hydrogens is 370 g/mol. The molecule has 8 nitrogen and oxygen atoms in total. The van der Waals surface area contributed by atoms with E-state index in [1.165, 1.54) is 0 Å². The molecule has 0 aliphatic carbocycles. The van der Waals surface area contributed by atoms with Gasteiger partial charge in [0.15, 0.2) is 0 Å². The van der Waals surface area contributed by atoms with Crippen molar-refractivity contribution < 1.29 is 14.7 Å². The minimum Gasteiger partial charge on any atom is -0.388 e. The Hall–Kier alpha value is -1.93. The number of piperazine rings is 1. The summed E-state index contributed by atoms with van der Waals surface area (Å²) in [6, 6.07) is 1.84. The highest BCUT2D eigenvalue weighted by atomic mass is 16.3. The first-order chi connectivity index (χ1) is 13.6. The summed E-state index contributed by atoms with van der Waals surface area (Å²) in [5.41, 5.74) is 0.504. The van der Waals surface area contributed by atoms with Crippen LogP contribution in [0.15, 0.2) is 6.07 Å². The van der Waals surface area contributed by atoms with Crippen molar-refractivity contribution in [3.8, 4) is 0 Å². The maximum absolute atomic E-state index is 12.9. The number of carbonyl (C=O) groups excluding carboxylic acids is 2. The average molecular weight is 406 g/mol. The van der Waals surface area contributed by atoms with Gasteiger partial charge < -0.3 is 14.9 Å². The van der Waals surface area contributed by atoms with Crippen molar-refractivity contribution in [3.63, 3.8) is 0 Å². The fraction of sp³-hybridized carbons (Fsp3) is 0.762. The topological polar surface area (TPSA) is 92.8 Å². The van der Waals surface area contributed by atoms with E-state index in [1.54, 1.807) is 6.92 Å². The van der Waals surface area contributed by atoms with Gasteiger partial charge in [-0.2, -0.15) is 5.10 Å². The number of nitrogens with one attached hydrogen (secondary N) is 1. The van der Waals surface area contributed by atoms with Gasteiger partial charge in [0.2, 0.25) is 5.91 Å². The molecule has 1 aromatic heterocycles. The number of β-amino-alcohol motifs (C(OH)–C–C–N with tert-alkyl or cyclic N) is 1. The molecule has 3 heterocycles. The molecule has 2 aliphatic heterocycles. The molecule has 2 fully saturated rings. The predicted octanol–water partition coefficient (Wildman–Crippen LogP) is 1.23. The third kappa shape index (κ3) is 5.36. The van der Waals surface area contributed by atoms with Crippen molar-refractivity contribution in [3.05, 3.63) is 17.5 Å². The molecule has 0 unspecified atom stereocenters. The molecule has 2 aliphatic rings. The van der Waals surface area contributed by atoms with Crippen molar-refractivity contribution in [1.82, 2.24) is 24.9 Å². The zero-order valence-corrected chi connectivity index (χ0v) is 18.2. The lowest BCUT2D eigenvalue weighted by atomic mass is 9.92. The van der Waals surface area contributed by atoms with E-state index in [2.05, 4.69) is 35.9 Å². The van der Waals surface area contributed by atoms with Crippen LogP contribution in [0.25, 0.3) is 0 Å². The Labute approximate surface area is 173 Å². The van der Waals surface area contributed by atoms with E-state index < -0.39 is 5.60 Å². The summed E-state index contributed by atoms with van der Waals surface area (Å²) in [6.07, 6.45) is 2.01. The van der Waals surface area contributed by atoms with Gasteiger partial charge in [-0.25, -0.2) is 0 Å². The molecule has 29 heavy (non-hydrogen) atoms. The van der Waals surface area contributed by atoms with Crippen molar-refractivity contribution >= 4 is 11.8 Å². The molecular formula is C21H35N5O3. The molecule has 1 atom stereocenters. The normalized spacial score (nSPS) is 24.4. The fourth-order valence-electron chi connectivity index (χ4n) is 4.15. The minimum absolute atomic E-state index is 0.0731. The van der Waals surface area contributed by atoms with Crippen LogP contribution >= 0.6 is 0 Å². The van der Waals surface area contributed by atoms with Gasteiger partial charge in [-0.3, -0.25) is 19.6 Å². The molecule has 2 N–H and O–H groups in total. The van der Waals surface area contributed by atoms with E-state index >= 15 is 0 Å². The summed E-state index contributed by atoms with van der Waals surface area (Å²) < 4.78 is 0. The summed E-state index contributed by atoms with van der Waals surface area (Å²) in [5.74, 6) is 0.0380. The van der Waals surface area contributed by atoms with Gasteiger partial charge in [-0.05, 0) is 25.3 Å². The number of hydrogen-bond acceptors (Lipinski definition) is 5. The lowest BCUT2D eigenvalue weighted by molar-refractivity contribution is -0.131. The number of aromatic nitrogens is 2. The van der Waals surface area contributed by atoms with Crippen LogP contribution in [0.2, 0.25) is 0 Å². The molecule has 2 amide bonds. The van der Waals surface area contributed by atoms with Crippen LogP contribution in [0.5, 0.6) is 0 Å². The van der Waals surface area contributed by atoms with Crippen molar-refractivity contribution in [2.45, 2.75) is 58.0 Å². The number of hydrogen-bond donors (Lipinski definition) is 2. The number of aliphatic hydroxyl groups is 1. The lowest BCUT2D eigenvalue weighted by Gasteiger charge is -2.39. The van der Waals surface area contributed by atoms with Gasteiger partial charge in [0.25, 0.3) is 5.91 Å². The summed E-state index contributed by atoms with van der Waals surface area (Å²) in [6.45, 7) is 12.6. The maximum Gasteiger partial charge on any atom is 0.274 e. The molecule has 0 radical (unpaired) electrons. The third-order valence-electron chi connectivity index (χ3n) is 6.14. The average Bonchev–Trinajstić information content (AvgIpc) is 3.07. The minimum atomic E-state index is -0.796. The summed E-state index contributed by atoms with van der Waals surface area (Å²) in [7, 11) is 0. The highest BCUT2D eigenvalue weighted by molar-refractivity contribution is 5.92. The Bertz CT molecular complexity index is 733. The first-order valence-electron chi connectivity index (χ1n) is 10.6. The first kappa shape index (κ1) is 21.8. The summed E-state index contributed by atoms with van der Waals surface area (Å²) in [5, 5.41) is 18.4. The molecule has 2 saturated heterocycles. The number of carbonyl (C=O) groups is 2. The number of aromatic amines is 1. The Balaban J connectivity index is 1.56. The van der Waals surface area contributed by atoms with Gasteiger partial charge in [0, 0.05) is 63.8 Å². The monoisotopic (exact) mass is 405 g/mol. The maximum atomic E-state index is 12.9. The lowest BCUT2D eigenvalue weighted by Crippen LogP contribution is -2.53. The number of rotatable bonds is 3. The highest BCUT2D eigenvalue weighted by Gasteiger charge is 2.35. The van der Waals surface area contributed by atoms with Crippen LogP contribution < -0.4 is 0 Å². The number of nitrogens with zero attached hydrogens (tertiary/aromatic N) is 4. The van der Waals surface area contributed by atoms with Gasteiger partial charge >= 0.3 is 0 Å². The smallest absolute Gasteiger partial charge is 0.274 e. The largest absolute Gasteiger partial charge is 0.388 e. The second-order valence-electron chi connectivity index (χ2n) is 9.57. The number of H-pyrrole nitrogens is 1. The summed E-state index contributed by atoms with van der Waals surface area (Å²) in [4.78, 5) is 30.3. The van der Waals surface area contributed by atoms with Gasteiger partial charge in [0.05, 0.1) is 5.60 Å².